The molecule has 4 nitrogen and oxygen atoms in total. The van der Waals surface area contributed by atoms with Gasteiger partial charge in [-0.25, -0.2) is 0 Å². The van der Waals surface area contributed by atoms with Crippen LogP contribution in [0.15, 0.2) is 11.8 Å². The van der Waals surface area contributed by atoms with E-state index in [4.69, 9.17) is 5.26 Å². The Labute approximate surface area is 96.8 Å². The molecule has 1 aliphatic carbocycles. The van der Waals surface area contributed by atoms with Gasteiger partial charge in [-0.05, 0) is 12.8 Å². The van der Waals surface area contributed by atoms with Gasteiger partial charge in [0.25, 0.3) is 0 Å². The predicted octanol–water partition coefficient (Wildman–Crippen LogP) is 2.45. The topological polar surface area (TPSA) is 67.2 Å². The average Bonchev–Trinajstić information content (AvgIpc) is 2.67. The van der Waals surface area contributed by atoms with E-state index in [9.17, 15) is 21.6 Å². The van der Waals surface area contributed by atoms with Crippen molar-refractivity contribution in [1.82, 2.24) is 0 Å². The fraction of sp³-hybridized carbons (Fsp3) is 0.667. The quantitative estimate of drug-likeness (QED) is 0.341. The molecule has 1 saturated carbocycles. The minimum Gasteiger partial charge on any atom is -0.380 e. The summed E-state index contributed by atoms with van der Waals surface area (Å²) in [5, 5.41) is 8.41. The minimum absolute atomic E-state index is 0.415. The first-order valence-electron chi connectivity index (χ1n) is 4.88. The van der Waals surface area contributed by atoms with E-state index in [0.717, 1.165) is 18.9 Å². The Morgan fingerprint density at radius 2 is 1.88 bits per heavy atom. The zero-order chi connectivity index (χ0) is 13.1. The molecule has 0 aromatic rings. The predicted molar refractivity (Wildman–Crippen MR) is 51.7 cm³/mol. The zero-order valence-corrected chi connectivity index (χ0v) is 9.51. The van der Waals surface area contributed by atoms with Gasteiger partial charge in [-0.3, -0.25) is 0 Å². The van der Waals surface area contributed by atoms with Crippen molar-refractivity contribution >= 4 is 10.1 Å². The first-order chi connectivity index (χ1) is 7.78. The second kappa shape index (κ2) is 4.96. The Morgan fingerprint density at radius 1 is 1.35 bits per heavy atom. The van der Waals surface area contributed by atoms with Crippen molar-refractivity contribution < 1.29 is 25.8 Å². The van der Waals surface area contributed by atoms with Gasteiger partial charge in [-0.15, -0.1) is 0 Å². The van der Waals surface area contributed by atoms with Crippen LogP contribution in [0.5, 0.6) is 0 Å². The highest BCUT2D eigenvalue weighted by Gasteiger charge is 2.49. The molecule has 1 rings (SSSR count). The number of halogens is 3. The van der Waals surface area contributed by atoms with E-state index in [0.29, 0.717) is 12.8 Å². The van der Waals surface area contributed by atoms with E-state index in [1.165, 1.54) is 6.07 Å². The Kier molecular flexibility index (Phi) is 4.03. The van der Waals surface area contributed by atoms with Crippen molar-refractivity contribution in [2.24, 2.45) is 5.92 Å². The van der Waals surface area contributed by atoms with Crippen LogP contribution in [0.3, 0.4) is 0 Å². The third-order valence-electron chi connectivity index (χ3n) is 2.45. The number of nitriles is 1. The summed E-state index contributed by atoms with van der Waals surface area (Å²) in [7, 11) is -5.68. The lowest BCUT2D eigenvalue weighted by molar-refractivity contribution is -0.0526. The van der Waals surface area contributed by atoms with E-state index < -0.39 is 27.3 Å². The molecule has 17 heavy (non-hydrogen) atoms. The number of hydrogen-bond donors (Lipinski definition) is 0. The molecule has 0 spiro atoms. The lowest BCUT2D eigenvalue weighted by Crippen LogP contribution is -2.26. The molecule has 0 heterocycles. The Morgan fingerprint density at radius 3 is 2.29 bits per heavy atom. The van der Waals surface area contributed by atoms with Crippen molar-refractivity contribution in [3.05, 3.63) is 11.8 Å². The SMILES string of the molecule is N#C/C=C(/OS(=O)(=O)C(F)(F)F)C1CCCC1. The Balaban J connectivity index is 2.90. The summed E-state index contributed by atoms with van der Waals surface area (Å²) in [6.45, 7) is 0. The molecule has 1 fully saturated rings. The van der Waals surface area contributed by atoms with E-state index in [2.05, 4.69) is 4.18 Å². The van der Waals surface area contributed by atoms with Gasteiger partial charge in [-0.2, -0.15) is 26.9 Å². The zero-order valence-electron chi connectivity index (χ0n) is 8.70. The molecule has 0 aliphatic heterocycles. The highest BCUT2D eigenvalue weighted by molar-refractivity contribution is 7.87. The van der Waals surface area contributed by atoms with Gasteiger partial charge >= 0.3 is 15.6 Å². The second-order valence-electron chi connectivity index (χ2n) is 3.64. The van der Waals surface area contributed by atoms with Gasteiger partial charge in [0.15, 0.2) is 0 Å². The maximum Gasteiger partial charge on any atom is 0.534 e. The third kappa shape index (κ3) is 3.36. The van der Waals surface area contributed by atoms with Crippen molar-refractivity contribution in [2.75, 3.05) is 0 Å². The van der Waals surface area contributed by atoms with E-state index in [1.54, 1.807) is 0 Å². The molecule has 0 radical (unpaired) electrons. The highest BCUT2D eigenvalue weighted by Crippen LogP contribution is 2.35. The lowest BCUT2D eigenvalue weighted by atomic mass is 10.1. The molecular weight excluding hydrogens is 259 g/mol. The van der Waals surface area contributed by atoms with Crippen LogP contribution in [0.1, 0.15) is 25.7 Å². The number of nitrogens with zero attached hydrogens (tertiary/aromatic N) is 1. The standard InChI is InChI=1S/C9H10F3NO3S/c10-9(11,12)17(14,15)16-8(5-6-13)7-3-1-2-4-7/h5,7H,1-4H2/b8-5+. The molecular formula is C9H10F3NO3S. The fourth-order valence-corrected chi connectivity index (χ4v) is 2.19. The van der Waals surface area contributed by atoms with Crippen LogP contribution in [0.2, 0.25) is 0 Å². The van der Waals surface area contributed by atoms with Crippen LogP contribution in [0, 0.1) is 17.2 Å². The van der Waals surface area contributed by atoms with Gasteiger partial charge in [0.05, 0.1) is 12.1 Å². The number of hydrogen-bond acceptors (Lipinski definition) is 4. The monoisotopic (exact) mass is 269 g/mol. The van der Waals surface area contributed by atoms with E-state index >= 15 is 0 Å². The molecule has 8 heteroatoms. The Bertz CT molecular complexity index is 441. The molecule has 1 aliphatic rings. The number of allylic oxidation sites excluding steroid dienone is 2. The van der Waals surface area contributed by atoms with Gasteiger partial charge < -0.3 is 4.18 Å². The largest absolute Gasteiger partial charge is 0.534 e. The van der Waals surface area contributed by atoms with Crippen LogP contribution in [0.25, 0.3) is 0 Å². The maximum atomic E-state index is 12.1. The maximum absolute atomic E-state index is 12.1. The first-order valence-corrected chi connectivity index (χ1v) is 6.29. The third-order valence-corrected chi connectivity index (χ3v) is 3.43. The lowest BCUT2D eigenvalue weighted by Gasteiger charge is -2.15. The summed E-state index contributed by atoms with van der Waals surface area (Å²) >= 11 is 0. The van der Waals surface area contributed by atoms with Crippen molar-refractivity contribution in [3.63, 3.8) is 0 Å². The van der Waals surface area contributed by atoms with Crippen LogP contribution < -0.4 is 0 Å². The van der Waals surface area contributed by atoms with Crippen molar-refractivity contribution in [2.45, 2.75) is 31.2 Å². The summed E-state index contributed by atoms with van der Waals surface area (Å²) in [6.07, 6.45) is 3.34. The summed E-state index contributed by atoms with van der Waals surface area (Å²) in [5.41, 5.74) is -5.47. The first kappa shape index (κ1) is 13.8. The second-order valence-corrected chi connectivity index (χ2v) is 5.18. The molecule has 0 aromatic carbocycles. The normalized spacial score (nSPS) is 19.1. The molecule has 0 bridgehead atoms. The summed E-state index contributed by atoms with van der Waals surface area (Å²) in [5.74, 6) is -0.839. The molecule has 0 atom stereocenters. The molecule has 0 saturated heterocycles. The highest BCUT2D eigenvalue weighted by atomic mass is 32.2. The minimum atomic E-state index is -5.68. The van der Waals surface area contributed by atoms with Gasteiger partial charge in [0, 0.05) is 5.92 Å². The summed E-state index contributed by atoms with van der Waals surface area (Å²) in [6, 6.07) is 1.50. The smallest absolute Gasteiger partial charge is 0.380 e. The van der Waals surface area contributed by atoms with E-state index in [-0.39, 0.29) is 0 Å². The van der Waals surface area contributed by atoms with Crippen LogP contribution in [0.4, 0.5) is 13.2 Å². The number of rotatable bonds is 3. The molecule has 0 unspecified atom stereocenters. The van der Waals surface area contributed by atoms with Gasteiger partial charge in [0.2, 0.25) is 0 Å². The van der Waals surface area contributed by atoms with Crippen LogP contribution in [-0.2, 0) is 14.3 Å². The van der Waals surface area contributed by atoms with E-state index in [1.807, 2.05) is 0 Å². The molecule has 0 aromatic heterocycles. The van der Waals surface area contributed by atoms with Crippen molar-refractivity contribution in [3.8, 4) is 6.07 Å². The van der Waals surface area contributed by atoms with Crippen molar-refractivity contribution in [1.29, 1.82) is 5.26 Å². The molecule has 0 N–H and O–H groups in total. The van der Waals surface area contributed by atoms with Gasteiger partial charge in [0.1, 0.15) is 5.76 Å². The fourth-order valence-electron chi connectivity index (χ4n) is 1.66. The van der Waals surface area contributed by atoms with Gasteiger partial charge in [-0.1, -0.05) is 12.8 Å². The summed E-state index contributed by atoms with van der Waals surface area (Å²) < 4.78 is 61.9. The van der Waals surface area contributed by atoms with Crippen LogP contribution >= 0.6 is 0 Å². The summed E-state index contributed by atoms with van der Waals surface area (Å²) in [4.78, 5) is 0. The average molecular weight is 269 g/mol. The molecule has 0 amide bonds. The molecule has 96 valence electrons. The Hall–Kier alpha value is -1.23. The van der Waals surface area contributed by atoms with Crippen LogP contribution in [-0.4, -0.2) is 13.9 Å². The number of alkyl halides is 3.